The largest absolute Gasteiger partial charge is 0.366 e. The average molecular weight is 328 g/mol. The smallest absolute Gasteiger partial charge is 0.276 e. The van der Waals surface area contributed by atoms with Crippen LogP contribution in [0.15, 0.2) is 34.9 Å². The van der Waals surface area contributed by atoms with Gasteiger partial charge in [-0.05, 0) is 31.2 Å². The lowest BCUT2D eigenvalue weighted by molar-refractivity contribution is -0.123. The topological polar surface area (TPSA) is 119 Å². The molecule has 1 aliphatic heterocycles. The van der Waals surface area contributed by atoms with Crippen molar-refractivity contribution in [3.05, 3.63) is 47.3 Å². The van der Waals surface area contributed by atoms with E-state index in [1.807, 2.05) is 0 Å². The Kier molecular flexibility index (Phi) is 4.03. The number of carbonyl (C=O) groups excluding carboxylic acids is 3. The fourth-order valence-corrected chi connectivity index (χ4v) is 2.40. The van der Waals surface area contributed by atoms with Gasteiger partial charge in [-0.3, -0.25) is 14.4 Å². The third kappa shape index (κ3) is 3.12. The van der Waals surface area contributed by atoms with Gasteiger partial charge in [-0.25, -0.2) is 0 Å². The summed E-state index contributed by atoms with van der Waals surface area (Å²) >= 11 is 0. The van der Waals surface area contributed by atoms with Crippen molar-refractivity contribution in [1.29, 1.82) is 0 Å². The maximum absolute atomic E-state index is 12.1. The summed E-state index contributed by atoms with van der Waals surface area (Å²) in [4.78, 5) is 36.8. The van der Waals surface area contributed by atoms with Crippen molar-refractivity contribution in [1.82, 2.24) is 10.1 Å². The van der Waals surface area contributed by atoms with Crippen LogP contribution in [-0.2, 0) is 4.79 Å². The van der Waals surface area contributed by atoms with Crippen molar-refractivity contribution < 1.29 is 18.9 Å². The second-order valence-electron chi connectivity index (χ2n) is 5.66. The first-order chi connectivity index (χ1) is 11.4. The standard InChI is InChI=1S/C16H16N4O4/c1-9-6-13(19-24-9)16(23)20-7-11(8-20)15(22)18-12-4-2-10(3-5-12)14(17)21/h2-6,11H,7-8H2,1H3,(H2,17,21)(H,18,22). The van der Waals surface area contributed by atoms with E-state index in [1.165, 1.54) is 4.90 Å². The molecule has 1 aromatic carbocycles. The third-order valence-corrected chi connectivity index (χ3v) is 3.82. The Labute approximate surface area is 137 Å². The zero-order valence-corrected chi connectivity index (χ0v) is 13.0. The molecule has 3 rings (SSSR count). The first-order valence-corrected chi connectivity index (χ1v) is 7.37. The predicted molar refractivity (Wildman–Crippen MR) is 84.2 cm³/mol. The van der Waals surface area contributed by atoms with Crippen LogP contribution in [0, 0.1) is 12.8 Å². The van der Waals surface area contributed by atoms with Gasteiger partial charge in [0.2, 0.25) is 11.8 Å². The Hall–Kier alpha value is -3.16. The van der Waals surface area contributed by atoms with Gasteiger partial charge in [-0.15, -0.1) is 0 Å². The van der Waals surface area contributed by atoms with E-state index in [0.717, 1.165) is 0 Å². The molecule has 0 saturated carbocycles. The zero-order valence-electron chi connectivity index (χ0n) is 13.0. The molecule has 0 bridgehead atoms. The summed E-state index contributed by atoms with van der Waals surface area (Å²) in [6.07, 6.45) is 0. The number of rotatable bonds is 4. The van der Waals surface area contributed by atoms with Crippen molar-refractivity contribution in [3.8, 4) is 0 Å². The minimum absolute atomic E-state index is 0.179. The van der Waals surface area contributed by atoms with Crippen LogP contribution >= 0.6 is 0 Å². The van der Waals surface area contributed by atoms with Gasteiger partial charge in [0.15, 0.2) is 5.69 Å². The molecule has 1 aromatic heterocycles. The lowest BCUT2D eigenvalue weighted by Gasteiger charge is -2.37. The van der Waals surface area contributed by atoms with Crippen LogP contribution in [0.3, 0.4) is 0 Å². The third-order valence-electron chi connectivity index (χ3n) is 3.82. The fourth-order valence-electron chi connectivity index (χ4n) is 2.40. The van der Waals surface area contributed by atoms with Crippen molar-refractivity contribution in [3.63, 3.8) is 0 Å². The molecule has 8 nitrogen and oxygen atoms in total. The van der Waals surface area contributed by atoms with Crippen LogP contribution in [-0.4, -0.2) is 40.9 Å². The van der Waals surface area contributed by atoms with Gasteiger partial charge in [0, 0.05) is 30.4 Å². The van der Waals surface area contributed by atoms with E-state index in [0.29, 0.717) is 30.1 Å². The van der Waals surface area contributed by atoms with Crippen LogP contribution in [0.4, 0.5) is 5.69 Å². The molecule has 8 heteroatoms. The van der Waals surface area contributed by atoms with Gasteiger partial charge < -0.3 is 20.5 Å². The number of aromatic nitrogens is 1. The number of hydrogen-bond donors (Lipinski definition) is 2. The number of hydrogen-bond acceptors (Lipinski definition) is 5. The quantitative estimate of drug-likeness (QED) is 0.860. The lowest BCUT2D eigenvalue weighted by Crippen LogP contribution is -2.54. The average Bonchev–Trinajstić information content (AvgIpc) is 2.92. The van der Waals surface area contributed by atoms with E-state index in [-0.39, 0.29) is 23.4 Å². The summed E-state index contributed by atoms with van der Waals surface area (Å²) in [5.74, 6) is -0.668. The number of likely N-dealkylation sites (tertiary alicyclic amines) is 1. The second kappa shape index (κ2) is 6.15. The number of aryl methyl sites for hydroxylation is 1. The summed E-state index contributed by atoms with van der Waals surface area (Å²) in [5.41, 5.74) is 6.35. The van der Waals surface area contributed by atoms with Crippen LogP contribution in [0.25, 0.3) is 0 Å². The van der Waals surface area contributed by atoms with Crippen molar-refractivity contribution in [2.75, 3.05) is 18.4 Å². The molecule has 1 fully saturated rings. The minimum atomic E-state index is -0.524. The molecule has 3 amide bonds. The molecule has 0 spiro atoms. The lowest BCUT2D eigenvalue weighted by atomic mass is 9.98. The number of primary amides is 1. The minimum Gasteiger partial charge on any atom is -0.366 e. The number of nitrogens with one attached hydrogen (secondary N) is 1. The molecule has 0 unspecified atom stereocenters. The van der Waals surface area contributed by atoms with Crippen molar-refractivity contribution >= 4 is 23.4 Å². The molecule has 0 radical (unpaired) electrons. The van der Waals surface area contributed by atoms with E-state index >= 15 is 0 Å². The maximum Gasteiger partial charge on any atom is 0.276 e. The van der Waals surface area contributed by atoms with E-state index in [2.05, 4.69) is 10.5 Å². The van der Waals surface area contributed by atoms with E-state index in [1.54, 1.807) is 37.3 Å². The van der Waals surface area contributed by atoms with Gasteiger partial charge in [0.25, 0.3) is 5.91 Å². The number of nitrogens with zero attached hydrogens (tertiary/aromatic N) is 2. The summed E-state index contributed by atoms with van der Waals surface area (Å²) in [6, 6.07) is 7.87. The zero-order chi connectivity index (χ0) is 17.3. The molecule has 124 valence electrons. The Morgan fingerprint density at radius 1 is 1.25 bits per heavy atom. The number of benzene rings is 1. The van der Waals surface area contributed by atoms with Crippen molar-refractivity contribution in [2.45, 2.75) is 6.92 Å². The van der Waals surface area contributed by atoms with E-state index < -0.39 is 5.91 Å². The maximum atomic E-state index is 12.1. The van der Waals surface area contributed by atoms with Crippen LogP contribution in [0.5, 0.6) is 0 Å². The Balaban J connectivity index is 1.53. The highest BCUT2D eigenvalue weighted by Crippen LogP contribution is 2.21. The molecule has 0 atom stereocenters. The fraction of sp³-hybridized carbons (Fsp3) is 0.250. The van der Waals surface area contributed by atoms with E-state index in [9.17, 15) is 14.4 Å². The molecule has 1 aliphatic rings. The molecular weight excluding hydrogens is 312 g/mol. The summed E-state index contributed by atoms with van der Waals surface area (Å²) in [6.45, 7) is 2.37. The highest BCUT2D eigenvalue weighted by molar-refractivity contribution is 5.98. The van der Waals surface area contributed by atoms with Gasteiger partial charge in [-0.2, -0.15) is 0 Å². The van der Waals surface area contributed by atoms with Crippen molar-refractivity contribution in [2.24, 2.45) is 11.7 Å². The Bertz CT molecular complexity index is 791. The molecule has 2 aromatic rings. The summed E-state index contributed by atoms with van der Waals surface area (Å²) in [7, 11) is 0. The molecule has 0 aliphatic carbocycles. The van der Waals surface area contributed by atoms with Gasteiger partial charge in [0.05, 0.1) is 5.92 Å². The Morgan fingerprint density at radius 2 is 1.92 bits per heavy atom. The highest BCUT2D eigenvalue weighted by Gasteiger charge is 2.37. The molecule has 1 saturated heterocycles. The predicted octanol–water partition coefficient (Wildman–Crippen LogP) is 0.793. The number of amides is 3. The first kappa shape index (κ1) is 15.7. The van der Waals surface area contributed by atoms with Gasteiger partial charge in [0.1, 0.15) is 5.76 Å². The summed E-state index contributed by atoms with van der Waals surface area (Å²) < 4.78 is 4.87. The normalized spacial score (nSPS) is 14.1. The summed E-state index contributed by atoms with van der Waals surface area (Å²) in [5, 5.41) is 6.42. The van der Waals surface area contributed by atoms with Gasteiger partial charge in [-0.1, -0.05) is 5.16 Å². The second-order valence-corrected chi connectivity index (χ2v) is 5.66. The van der Waals surface area contributed by atoms with Gasteiger partial charge >= 0.3 is 0 Å². The molecular formula is C16H16N4O4. The van der Waals surface area contributed by atoms with E-state index in [4.69, 9.17) is 10.3 Å². The number of nitrogens with two attached hydrogens (primary N) is 1. The van der Waals surface area contributed by atoms with Crippen LogP contribution in [0.1, 0.15) is 26.6 Å². The molecule has 3 N–H and O–H groups in total. The molecule has 24 heavy (non-hydrogen) atoms. The number of anilines is 1. The Morgan fingerprint density at radius 3 is 2.46 bits per heavy atom. The SMILES string of the molecule is Cc1cc(C(=O)N2CC(C(=O)Nc3ccc(C(N)=O)cc3)C2)no1. The molecule has 2 heterocycles. The monoisotopic (exact) mass is 328 g/mol. The number of carbonyl (C=O) groups is 3. The van der Waals surface area contributed by atoms with Crippen LogP contribution < -0.4 is 11.1 Å². The van der Waals surface area contributed by atoms with Crippen LogP contribution in [0.2, 0.25) is 0 Å². The first-order valence-electron chi connectivity index (χ1n) is 7.37. The highest BCUT2D eigenvalue weighted by atomic mass is 16.5.